The molecule has 2 atom stereocenters. The zero-order valence-corrected chi connectivity index (χ0v) is 18.5. The Kier molecular flexibility index (Phi) is 6.07. The van der Waals surface area contributed by atoms with Gasteiger partial charge >= 0.3 is 12.6 Å². The van der Waals surface area contributed by atoms with Gasteiger partial charge in [-0.05, 0) is 80.0 Å². The van der Waals surface area contributed by atoms with Crippen molar-refractivity contribution in [2.45, 2.75) is 55.9 Å². The van der Waals surface area contributed by atoms with Crippen LogP contribution in [-0.4, -0.2) is 35.3 Å². The van der Waals surface area contributed by atoms with Crippen LogP contribution >= 0.6 is 15.9 Å². The highest BCUT2D eigenvalue weighted by molar-refractivity contribution is 9.10. The SMILES string of the molecule is O=C(COC(=O)CC12C[C@@H]3C[C@H](CC(Br)(C3)C1)C2)NC(=O)c1ccc(OC(F)F)cc1. The van der Waals surface area contributed by atoms with Crippen LogP contribution in [0.4, 0.5) is 8.78 Å². The molecule has 31 heavy (non-hydrogen) atoms. The molecule has 1 aromatic rings. The van der Waals surface area contributed by atoms with E-state index in [2.05, 4.69) is 26.0 Å². The van der Waals surface area contributed by atoms with Crippen LogP contribution in [0.2, 0.25) is 0 Å². The molecule has 4 bridgehead atoms. The molecule has 5 rings (SSSR count). The highest BCUT2D eigenvalue weighted by atomic mass is 79.9. The van der Waals surface area contributed by atoms with Gasteiger partial charge in [0.25, 0.3) is 11.8 Å². The van der Waals surface area contributed by atoms with Gasteiger partial charge in [0, 0.05) is 9.89 Å². The normalized spacial score (nSPS) is 30.8. The van der Waals surface area contributed by atoms with E-state index < -0.39 is 31.0 Å². The Hall–Kier alpha value is -2.03. The first-order chi connectivity index (χ1) is 14.6. The molecule has 0 aromatic heterocycles. The van der Waals surface area contributed by atoms with Crippen molar-refractivity contribution >= 4 is 33.7 Å². The molecule has 0 spiro atoms. The third-order valence-corrected chi connectivity index (χ3v) is 7.52. The average Bonchev–Trinajstić information content (AvgIpc) is 2.64. The maximum Gasteiger partial charge on any atom is 0.387 e. The molecular weight excluding hydrogens is 476 g/mol. The van der Waals surface area contributed by atoms with Crippen LogP contribution in [0.5, 0.6) is 5.75 Å². The van der Waals surface area contributed by atoms with Crippen LogP contribution in [0.3, 0.4) is 0 Å². The number of amides is 2. The van der Waals surface area contributed by atoms with E-state index in [9.17, 15) is 23.2 Å². The Bertz CT molecular complexity index is 861. The highest BCUT2D eigenvalue weighted by Crippen LogP contribution is 2.65. The highest BCUT2D eigenvalue weighted by Gasteiger charge is 2.57. The molecule has 1 N–H and O–H groups in total. The van der Waals surface area contributed by atoms with Gasteiger partial charge in [0.05, 0.1) is 6.42 Å². The maximum absolute atomic E-state index is 12.4. The smallest absolute Gasteiger partial charge is 0.387 e. The molecule has 0 unspecified atom stereocenters. The lowest BCUT2D eigenvalue weighted by molar-refractivity contribution is -0.154. The van der Waals surface area contributed by atoms with E-state index in [-0.39, 0.29) is 21.1 Å². The maximum atomic E-state index is 12.4. The Morgan fingerprint density at radius 3 is 2.32 bits per heavy atom. The summed E-state index contributed by atoms with van der Waals surface area (Å²) in [6, 6.07) is 4.92. The molecule has 0 radical (unpaired) electrons. The van der Waals surface area contributed by atoms with Crippen LogP contribution in [-0.2, 0) is 14.3 Å². The van der Waals surface area contributed by atoms with Crippen molar-refractivity contribution in [1.29, 1.82) is 0 Å². The van der Waals surface area contributed by atoms with E-state index in [1.807, 2.05) is 0 Å². The van der Waals surface area contributed by atoms with Gasteiger partial charge in [-0.3, -0.25) is 19.7 Å². The molecule has 9 heteroatoms. The van der Waals surface area contributed by atoms with Gasteiger partial charge in [-0.15, -0.1) is 0 Å². The van der Waals surface area contributed by atoms with Crippen LogP contribution in [0.25, 0.3) is 0 Å². The molecule has 2 amide bonds. The van der Waals surface area contributed by atoms with E-state index in [4.69, 9.17) is 4.74 Å². The van der Waals surface area contributed by atoms with Crippen molar-refractivity contribution in [1.82, 2.24) is 5.32 Å². The van der Waals surface area contributed by atoms with E-state index in [0.717, 1.165) is 19.3 Å². The summed E-state index contributed by atoms with van der Waals surface area (Å²) in [5.74, 6) is -0.685. The fourth-order valence-electron chi connectivity index (χ4n) is 6.07. The van der Waals surface area contributed by atoms with Crippen LogP contribution in [0, 0.1) is 17.3 Å². The first kappa shape index (κ1) is 22.2. The molecule has 6 nitrogen and oxygen atoms in total. The number of nitrogens with one attached hydrogen (secondary N) is 1. The Labute approximate surface area is 187 Å². The summed E-state index contributed by atoms with van der Waals surface area (Å²) < 4.78 is 33.8. The first-order valence-corrected chi connectivity index (χ1v) is 11.2. The first-order valence-electron chi connectivity index (χ1n) is 10.4. The molecule has 4 saturated carbocycles. The van der Waals surface area contributed by atoms with Gasteiger partial charge in [-0.1, -0.05) is 15.9 Å². The van der Waals surface area contributed by atoms with Crippen LogP contribution in [0.15, 0.2) is 24.3 Å². The van der Waals surface area contributed by atoms with Crippen molar-refractivity contribution in [2.75, 3.05) is 6.61 Å². The second kappa shape index (κ2) is 8.48. The largest absolute Gasteiger partial charge is 0.456 e. The molecule has 168 valence electrons. The number of carbonyl (C=O) groups excluding carboxylic acids is 3. The minimum atomic E-state index is -2.96. The van der Waals surface area contributed by atoms with E-state index in [0.29, 0.717) is 18.3 Å². The lowest BCUT2D eigenvalue weighted by atomic mass is 9.49. The quantitative estimate of drug-likeness (QED) is 0.448. The van der Waals surface area contributed by atoms with E-state index in [1.165, 1.54) is 43.5 Å². The van der Waals surface area contributed by atoms with Gasteiger partial charge < -0.3 is 9.47 Å². The van der Waals surface area contributed by atoms with Crippen molar-refractivity contribution in [3.05, 3.63) is 29.8 Å². The number of alkyl halides is 3. The predicted octanol–water partition coefficient (Wildman–Crippen LogP) is 4.21. The fraction of sp³-hybridized carbons (Fsp3) is 0.591. The predicted molar refractivity (Wildman–Crippen MR) is 110 cm³/mol. The number of hydrogen-bond donors (Lipinski definition) is 1. The number of benzene rings is 1. The van der Waals surface area contributed by atoms with Crippen molar-refractivity contribution in [2.24, 2.45) is 17.3 Å². The number of ether oxygens (including phenoxy) is 2. The number of imide groups is 1. The van der Waals surface area contributed by atoms with Crippen LogP contribution < -0.4 is 10.1 Å². The summed E-state index contributed by atoms with van der Waals surface area (Å²) >= 11 is 3.91. The number of hydrogen-bond acceptors (Lipinski definition) is 5. The van der Waals surface area contributed by atoms with Crippen molar-refractivity contribution < 1.29 is 32.6 Å². The second-order valence-electron chi connectivity index (χ2n) is 9.23. The molecule has 4 aliphatic rings. The Balaban J connectivity index is 1.24. The lowest BCUT2D eigenvalue weighted by Crippen LogP contribution is -2.53. The molecule has 0 heterocycles. The van der Waals surface area contributed by atoms with E-state index in [1.54, 1.807) is 0 Å². The van der Waals surface area contributed by atoms with Crippen LogP contribution in [0.1, 0.15) is 55.3 Å². The summed E-state index contributed by atoms with van der Waals surface area (Å²) in [6.45, 7) is -3.51. The van der Waals surface area contributed by atoms with Gasteiger partial charge in [0.1, 0.15) is 5.75 Å². The number of rotatable bonds is 7. The minimum Gasteiger partial charge on any atom is -0.456 e. The van der Waals surface area contributed by atoms with Gasteiger partial charge in [-0.2, -0.15) is 8.78 Å². The van der Waals surface area contributed by atoms with Gasteiger partial charge in [0.2, 0.25) is 0 Å². The fourth-order valence-corrected chi connectivity index (χ4v) is 7.58. The van der Waals surface area contributed by atoms with Crippen molar-refractivity contribution in [3.63, 3.8) is 0 Å². The number of halogens is 3. The topological polar surface area (TPSA) is 81.7 Å². The standard InChI is InChI=1S/C22H24BrF2NO5/c23-22-8-13-5-14(9-22)7-21(6-13,12-22)10-18(28)30-11-17(27)26-19(29)15-1-3-16(4-2-15)31-20(24)25/h1-4,13-14,20H,5-12H2,(H,26,27,29)/t13-,14-,21?,22?/m0/s1. The molecular formula is C22H24BrF2NO5. The molecule has 0 aliphatic heterocycles. The Morgan fingerprint density at radius 2 is 1.74 bits per heavy atom. The summed E-state index contributed by atoms with van der Waals surface area (Å²) in [5.41, 5.74) is 0.0383. The number of carbonyl (C=O) groups is 3. The zero-order valence-electron chi connectivity index (χ0n) is 16.9. The summed E-state index contributed by atoms with van der Waals surface area (Å²) in [6.07, 6.45) is 6.88. The molecule has 1 aromatic carbocycles. The molecule has 4 fully saturated rings. The molecule has 0 saturated heterocycles. The summed E-state index contributed by atoms with van der Waals surface area (Å²) in [7, 11) is 0. The molecule has 4 aliphatic carbocycles. The Morgan fingerprint density at radius 1 is 1.10 bits per heavy atom. The number of esters is 1. The van der Waals surface area contributed by atoms with E-state index >= 15 is 0 Å². The van der Waals surface area contributed by atoms with Gasteiger partial charge in [-0.25, -0.2) is 0 Å². The average molecular weight is 500 g/mol. The lowest BCUT2D eigenvalue weighted by Gasteiger charge is -2.60. The third kappa shape index (κ3) is 5.25. The summed E-state index contributed by atoms with van der Waals surface area (Å²) in [5, 5.41) is 2.13. The second-order valence-corrected chi connectivity index (χ2v) is 10.9. The summed E-state index contributed by atoms with van der Waals surface area (Å²) in [4.78, 5) is 36.6. The third-order valence-electron chi connectivity index (χ3n) is 6.59. The van der Waals surface area contributed by atoms with Crippen molar-refractivity contribution in [3.8, 4) is 5.75 Å². The monoisotopic (exact) mass is 499 g/mol. The zero-order chi connectivity index (χ0) is 22.2. The minimum absolute atomic E-state index is 0.0565. The van der Waals surface area contributed by atoms with Gasteiger partial charge in [0.15, 0.2) is 6.61 Å².